The number of nitrogens with zero attached hydrogens (tertiary/aromatic N) is 1. The van der Waals surface area contributed by atoms with Crippen LogP contribution < -0.4 is 10.6 Å². The number of carbonyl (C=O) groups excluding carboxylic acids is 2. The summed E-state index contributed by atoms with van der Waals surface area (Å²) < 4.78 is 0. The van der Waals surface area contributed by atoms with Crippen LogP contribution in [0.4, 0.5) is 5.69 Å². The van der Waals surface area contributed by atoms with Gasteiger partial charge in [0, 0.05) is 13.0 Å². The van der Waals surface area contributed by atoms with Crippen molar-refractivity contribution in [1.29, 1.82) is 0 Å². The zero-order valence-corrected chi connectivity index (χ0v) is 8.27. The van der Waals surface area contributed by atoms with E-state index in [1.807, 2.05) is 0 Å². The number of benzene rings is 1. The van der Waals surface area contributed by atoms with Crippen LogP contribution in [0.2, 0.25) is 0 Å². The van der Waals surface area contributed by atoms with E-state index in [1.54, 1.807) is 29.2 Å². The molecule has 1 fully saturated rings. The number of rotatable bonds is 2. The highest BCUT2D eigenvalue weighted by molar-refractivity contribution is 6.04. The van der Waals surface area contributed by atoms with Gasteiger partial charge in [-0.05, 0) is 18.6 Å². The van der Waals surface area contributed by atoms with E-state index in [0.717, 1.165) is 6.42 Å². The quantitative estimate of drug-likeness (QED) is 0.778. The van der Waals surface area contributed by atoms with Crippen molar-refractivity contribution in [1.82, 2.24) is 0 Å². The molecule has 0 spiro atoms. The lowest BCUT2D eigenvalue weighted by atomic mass is 10.1. The Labute approximate surface area is 87.7 Å². The Bertz CT molecular complexity index is 415. The third-order valence-corrected chi connectivity index (χ3v) is 2.53. The predicted octanol–water partition coefficient (Wildman–Crippen LogP) is 0.912. The fourth-order valence-corrected chi connectivity index (χ4v) is 1.82. The lowest BCUT2D eigenvalue weighted by molar-refractivity contribution is -0.117. The second kappa shape index (κ2) is 3.73. The number of para-hydroxylation sites is 1. The molecule has 4 heteroatoms. The zero-order valence-electron chi connectivity index (χ0n) is 8.27. The smallest absolute Gasteiger partial charge is 0.250 e. The molecule has 1 aromatic rings. The fraction of sp³-hybridized carbons (Fsp3) is 0.273. The molecule has 78 valence electrons. The van der Waals surface area contributed by atoms with Gasteiger partial charge in [0.15, 0.2) is 0 Å². The van der Waals surface area contributed by atoms with Crippen LogP contribution in [0.1, 0.15) is 23.2 Å². The molecule has 0 radical (unpaired) electrons. The molecule has 15 heavy (non-hydrogen) atoms. The number of amides is 2. The van der Waals surface area contributed by atoms with Gasteiger partial charge in [-0.3, -0.25) is 9.59 Å². The Morgan fingerprint density at radius 3 is 2.67 bits per heavy atom. The minimum absolute atomic E-state index is 0.0590. The van der Waals surface area contributed by atoms with Crippen molar-refractivity contribution >= 4 is 17.5 Å². The summed E-state index contributed by atoms with van der Waals surface area (Å²) >= 11 is 0. The van der Waals surface area contributed by atoms with Crippen LogP contribution >= 0.6 is 0 Å². The molecular weight excluding hydrogens is 192 g/mol. The highest BCUT2D eigenvalue weighted by Crippen LogP contribution is 2.24. The van der Waals surface area contributed by atoms with E-state index < -0.39 is 5.91 Å². The van der Waals surface area contributed by atoms with Crippen LogP contribution in [0.5, 0.6) is 0 Å². The molecule has 2 amide bonds. The van der Waals surface area contributed by atoms with Crippen LogP contribution in [0.3, 0.4) is 0 Å². The maximum absolute atomic E-state index is 11.5. The highest BCUT2D eigenvalue weighted by atomic mass is 16.2. The normalized spacial score (nSPS) is 15.7. The summed E-state index contributed by atoms with van der Waals surface area (Å²) in [6, 6.07) is 6.93. The van der Waals surface area contributed by atoms with Crippen molar-refractivity contribution in [2.45, 2.75) is 12.8 Å². The molecule has 0 atom stereocenters. The molecule has 0 saturated carbocycles. The molecule has 2 rings (SSSR count). The molecule has 2 N–H and O–H groups in total. The number of hydrogen-bond acceptors (Lipinski definition) is 2. The summed E-state index contributed by atoms with van der Waals surface area (Å²) in [5.74, 6) is -0.436. The summed E-state index contributed by atoms with van der Waals surface area (Å²) in [6.07, 6.45) is 1.39. The Hall–Kier alpha value is -1.84. The van der Waals surface area contributed by atoms with Crippen molar-refractivity contribution in [2.24, 2.45) is 5.73 Å². The zero-order chi connectivity index (χ0) is 10.8. The van der Waals surface area contributed by atoms with Gasteiger partial charge >= 0.3 is 0 Å². The van der Waals surface area contributed by atoms with Crippen LogP contribution in [0.15, 0.2) is 24.3 Å². The van der Waals surface area contributed by atoms with E-state index in [-0.39, 0.29) is 5.91 Å². The van der Waals surface area contributed by atoms with Gasteiger partial charge in [0.2, 0.25) is 5.91 Å². The van der Waals surface area contributed by atoms with Gasteiger partial charge in [-0.15, -0.1) is 0 Å². The fourth-order valence-electron chi connectivity index (χ4n) is 1.82. The lowest BCUT2D eigenvalue weighted by Gasteiger charge is -2.17. The van der Waals surface area contributed by atoms with E-state index in [4.69, 9.17) is 5.73 Å². The van der Waals surface area contributed by atoms with Crippen LogP contribution in [0.25, 0.3) is 0 Å². The standard InChI is InChI=1S/C11H12N2O2/c12-11(15)8-4-1-2-5-9(8)13-7-3-6-10(13)14/h1-2,4-5H,3,6-7H2,(H2,12,15). The Morgan fingerprint density at radius 1 is 1.33 bits per heavy atom. The molecule has 0 aliphatic carbocycles. The number of carbonyl (C=O) groups is 2. The van der Waals surface area contributed by atoms with Crippen LogP contribution in [-0.4, -0.2) is 18.4 Å². The number of anilines is 1. The number of primary amides is 1. The summed E-state index contributed by atoms with van der Waals surface area (Å²) in [7, 11) is 0. The second-order valence-electron chi connectivity index (χ2n) is 3.53. The van der Waals surface area contributed by atoms with Gasteiger partial charge in [0.05, 0.1) is 11.3 Å². The molecule has 1 heterocycles. The third-order valence-electron chi connectivity index (χ3n) is 2.53. The van der Waals surface area contributed by atoms with Crippen molar-refractivity contribution in [3.63, 3.8) is 0 Å². The number of nitrogens with two attached hydrogens (primary N) is 1. The van der Waals surface area contributed by atoms with Crippen LogP contribution in [0, 0.1) is 0 Å². The molecular formula is C11H12N2O2. The van der Waals surface area contributed by atoms with Crippen LogP contribution in [-0.2, 0) is 4.79 Å². The van der Waals surface area contributed by atoms with E-state index in [1.165, 1.54) is 0 Å². The Morgan fingerprint density at radius 2 is 2.07 bits per heavy atom. The van der Waals surface area contributed by atoms with Gasteiger partial charge in [0.1, 0.15) is 0 Å². The van der Waals surface area contributed by atoms with Crippen molar-refractivity contribution in [3.8, 4) is 0 Å². The summed E-state index contributed by atoms with van der Waals surface area (Å²) in [4.78, 5) is 24.3. The van der Waals surface area contributed by atoms with E-state index in [9.17, 15) is 9.59 Å². The Balaban J connectivity index is 2.42. The van der Waals surface area contributed by atoms with Gasteiger partial charge in [-0.25, -0.2) is 0 Å². The maximum atomic E-state index is 11.5. The first kappa shape index (κ1) is 9.71. The molecule has 0 unspecified atom stereocenters. The topological polar surface area (TPSA) is 63.4 Å². The maximum Gasteiger partial charge on any atom is 0.250 e. The predicted molar refractivity (Wildman–Crippen MR) is 56.5 cm³/mol. The average Bonchev–Trinajstić information content (AvgIpc) is 2.64. The minimum atomic E-state index is -0.495. The van der Waals surface area contributed by atoms with Crippen molar-refractivity contribution in [2.75, 3.05) is 11.4 Å². The highest BCUT2D eigenvalue weighted by Gasteiger charge is 2.24. The lowest BCUT2D eigenvalue weighted by Crippen LogP contribution is -2.27. The summed E-state index contributed by atoms with van der Waals surface area (Å²) in [5.41, 5.74) is 6.29. The van der Waals surface area contributed by atoms with E-state index in [2.05, 4.69) is 0 Å². The first-order chi connectivity index (χ1) is 7.20. The first-order valence-corrected chi connectivity index (χ1v) is 4.89. The minimum Gasteiger partial charge on any atom is -0.366 e. The monoisotopic (exact) mass is 204 g/mol. The average molecular weight is 204 g/mol. The van der Waals surface area contributed by atoms with Crippen molar-refractivity contribution in [3.05, 3.63) is 29.8 Å². The molecule has 1 saturated heterocycles. The van der Waals surface area contributed by atoms with Gasteiger partial charge in [-0.2, -0.15) is 0 Å². The summed E-state index contributed by atoms with van der Waals surface area (Å²) in [6.45, 7) is 0.670. The summed E-state index contributed by atoms with van der Waals surface area (Å²) in [5, 5.41) is 0. The molecule has 0 aromatic heterocycles. The van der Waals surface area contributed by atoms with E-state index in [0.29, 0.717) is 24.2 Å². The third kappa shape index (κ3) is 1.70. The van der Waals surface area contributed by atoms with Gasteiger partial charge in [0.25, 0.3) is 5.91 Å². The largest absolute Gasteiger partial charge is 0.366 e. The van der Waals surface area contributed by atoms with Gasteiger partial charge in [-0.1, -0.05) is 12.1 Å². The first-order valence-electron chi connectivity index (χ1n) is 4.89. The molecule has 1 aliphatic heterocycles. The van der Waals surface area contributed by atoms with Crippen molar-refractivity contribution < 1.29 is 9.59 Å². The number of hydrogen-bond donors (Lipinski definition) is 1. The molecule has 1 aliphatic rings. The molecule has 1 aromatic carbocycles. The van der Waals surface area contributed by atoms with E-state index >= 15 is 0 Å². The molecule has 0 bridgehead atoms. The second-order valence-corrected chi connectivity index (χ2v) is 3.53. The Kier molecular flexibility index (Phi) is 2.41. The van der Waals surface area contributed by atoms with Gasteiger partial charge < -0.3 is 10.6 Å². The SMILES string of the molecule is NC(=O)c1ccccc1N1CCCC1=O. The molecule has 4 nitrogen and oxygen atoms in total.